The fourth-order valence-electron chi connectivity index (χ4n) is 1.06. The van der Waals surface area contributed by atoms with Crippen molar-refractivity contribution in [2.75, 3.05) is 6.54 Å². The van der Waals surface area contributed by atoms with E-state index in [9.17, 15) is 0 Å². The molecule has 0 aliphatic carbocycles. The Labute approximate surface area is 81.9 Å². The largest absolute Gasteiger partial charge is 0.307 e. The van der Waals surface area contributed by atoms with Crippen molar-refractivity contribution in [2.45, 2.75) is 39.1 Å². The van der Waals surface area contributed by atoms with Crippen LogP contribution < -0.4 is 5.32 Å². The number of hydrogen-bond acceptors (Lipinski definition) is 1. The Morgan fingerprint density at radius 2 is 1.67 bits per heavy atom. The van der Waals surface area contributed by atoms with E-state index in [0.29, 0.717) is 5.52 Å². The molecule has 1 N–H and O–H groups in total. The Balaban J connectivity index is 3.27. The smallest absolute Gasteiger partial charge is 0.0351 e. The van der Waals surface area contributed by atoms with Gasteiger partial charge in [-0.25, -0.2) is 0 Å². The molecule has 0 aromatic rings. The van der Waals surface area contributed by atoms with Gasteiger partial charge in [-0.15, -0.1) is 18.5 Å². The lowest BCUT2D eigenvalue weighted by Crippen LogP contribution is -2.24. The molecule has 12 heavy (non-hydrogen) atoms. The molecular weight excluding hydrogens is 184 g/mol. The summed E-state index contributed by atoms with van der Waals surface area (Å²) < 4.78 is 0. The zero-order valence-electron chi connectivity index (χ0n) is 8.51. The molecule has 0 aromatic heterocycles. The molecule has 0 aromatic carbocycles. The highest BCUT2D eigenvalue weighted by atomic mass is 31.1. The first kappa shape index (κ1) is 12.8. The van der Waals surface area contributed by atoms with Crippen LogP contribution in [-0.4, -0.2) is 12.1 Å². The highest BCUT2D eigenvalue weighted by molar-refractivity contribution is 7.37. The first-order valence-corrected chi connectivity index (χ1v) is 6.10. The molecule has 0 spiro atoms. The van der Waals surface area contributed by atoms with Gasteiger partial charge in [0.2, 0.25) is 0 Å². The Kier molecular flexibility index (Phi) is 7.74. The van der Waals surface area contributed by atoms with Crippen LogP contribution in [0.3, 0.4) is 0 Å². The molecule has 3 heteroatoms. The van der Waals surface area contributed by atoms with Crippen LogP contribution in [0.4, 0.5) is 0 Å². The van der Waals surface area contributed by atoms with Crippen molar-refractivity contribution in [2.24, 2.45) is 11.8 Å². The second-order valence-electron chi connectivity index (χ2n) is 4.01. The maximum absolute atomic E-state index is 3.39. The van der Waals surface area contributed by atoms with E-state index in [2.05, 4.69) is 44.6 Å². The van der Waals surface area contributed by atoms with Gasteiger partial charge in [-0.05, 0) is 24.8 Å². The van der Waals surface area contributed by atoms with Crippen molar-refractivity contribution in [3.05, 3.63) is 0 Å². The second kappa shape index (κ2) is 7.25. The van der Waals surface area contributed by atoms with Crippen LogP contribution in [0.1, 0.15) is 33.6 Å². The van der Waals surface area contributed by atoms with Crippen molar-refractivity contribution in [1.29, 1.82) is 0 Å². The van der Waals surface area contributed by atoms with Crippen LogP contribution in [0.2, 0.25) is 0 Å². The minimum absolute atomic E-state index is 0.464. The van der Waals surface area contributed by atoms with Crippen LogP contribution in [0.25, 0.3) is 0 Å². The summed E-state index contributed by atoms with van der Waals surface area (Å²) in [4.78, 5) is 0. The third-order valence-electron chi connectivity index (χ3n) is 1.94. The van der Waals surface area contributed by atoms with Gasteiger partial charge in [0.25, 0.3) is 0 Å². The van der Waals surface area contributed by atoms with Gasteiger partial charge in [-0.1, -0.05) is 27.2 Å². The predicted octanol–water partition coefficient (Wildman–Crippen LogP) is 2.68. The molecule has 3 unspecified atom stereocenters. The molecule has 0 rings (SSSR count). The average Bonchev–Trinajstić information content (AvgIpc) is 1.96. The van der Waals surface area contributed by atoms with Crippen molar-refractivity contribution in [3.8, 4) is 0 Å². The van der Waals surface area contributed by atoms with E-state index in [-0.39, 0.29) is 0 Å². The fraction of sp³-hybridized carbons (Fsp3) is 1.00. The van der Waals surface area contributed by atoms with Crippen molar-refractivity contribution >= 4 is 18.5 Å². The Hall–Kier alpha value is 0.820. The first-order valence-electron chi connectivity index (χ1n) is 4.77. The van der Waals surface area contributed by atoms with Gasteiger partial charge in [0.05, 0.1) is 0 Å². The minimum atomic E-state index is 0.464. The molecule has 0 amide bonds. The third kappa shape index (κ3) is 8.91. The van der Waals surface area contributed by atoms with Gasteiger partial charge in [-0.3, -0.25) is 0 Å². The lowest BCUT2D eigenvalue weighted by atomic mass is 9.99. The van der Waals surface area contributed by atoms with Crippen LogP contribution in [-0.2, 0) is 0 Å². The van der Waals surface area contributed by atoms with Gasteiger partial charge >= 0.3 is 0 Å². The van der Waals surface area contributed by atoms with Crippen LogP contribution in [0.5, 0.6) is 0 Å². The second-order valence-corrected chi connectivity index (χ2v) is 6.22. The zero-order valence-corrected chi connectivity index (χ0v) is 10.8. The average molecular weight is 207 g/mol. The van der Waals surface area contributed by atoms with E-state index >= 15 is 0 Å². The zero-order chi connectivity index (χ0) is 9.56. The number of nitrogens with one attached hydrogen (secondary N) is 1. The highest BCUT2D eigenvalue weighted by Gasteiger charge is 2.03. The van der Waals surface area contributed by atoms with Crippen LogP contribution >= 0.6 is 18.5 Å². The standard InChI is InChI=1S/C9H23NP2/c1-7(2)4-5-8(3)6-10-9(11)12/h7-10H,4-6,11-12H2,1-3H3. The Bertz CT molecular complexity index is 92.7. The Morgan fingerprint density at radius 1 is 1.08 bits per heavy atom. The molecule has 0 bridgehead atoms. The number of hydrogen-bond donors (Lipinski definition) is 1. The van der Waals surface area contributed by atoms with E-state index in [1.54, 1.807) is 0 Å². The van der Waals surface area contributed by atoms with E-state index in [0.717, 1.165) is 18.4 Å². The quantitative estimate of drug-likeness (QED) is 0.660. The normalized spacial score (nSPS) is 14.2. The summed E-state index contributed by atoms with van der Waals surface area (Å²) in [5.41, 5.74) is 0.464. The maximum Gasteiger partial charge on any atom is 0.0351 e. The van der Waals surface area contributed by atoms with Crippen molar-refractivity contribution < 1.29 is 0 Å². The van der Waals surface area contributed by atoms with E-state index in [4.69, 9.17) is 0 Å². The van der Waals surface area contributed by atoms with E-state index in [1.807, 2.05) is 0 Å². The highest BCUT2D eigenvalue weighted by Crippen LogP contribution is 2.12. The Morgan fingerprint density at radius 3 is 2.08 bits per heavy atom. The molecule has 0 radical (unpaired) electrons. The molecular formula is C9H23NP2. The monoisotopic (exact) mass is 207 g/mol. The van der Waals surface area contributed by atoms with Gasteiger partial charge in [0.15, 0.2) is 0 Å². The lowest BCUT2D eigenvalue weighted by Gasteiger charge is -2.15. The molecule has 0 aliphatic rings. The van der Waals surface area contributed by atoms with Gasteiger partial charge in [-0.2, -0.15) is 0 Å². The van der Waals surface area contributed by atoms with Gasteiger partial charge in [0, 0.05) is 5.52 Å². The first-order chi connectivity index (χ1) is 5.52. The van der Waals surface area contributed by atoms with Gasteiger partial charge in [0.1, 0.15) is 0 Å². The SMILES string of the molecule is CC(C)CCC(C)CNC(P)P. The number of rotatable bonds is 6. The van der Waals surface area contributed by atoms with Crippen molar-refractivity contribution in [1.82, 2.24) is 5.32 Å². The molecule has 3 atom stereocenters. The van der Waals surface area contributed by atoms with Crippen molar-refractivity contribution in [3.63, 3.8) is 0 Å². The molecule has 0 aliphatic heterocycles. The summed E-state index contributed by atoms with van der Waals surface area (Å²) >= 11 is 0. The molecule has 0 fully saturated rings. The summed E-state index contributed by atoms with van der Waals surface area (Å²) in [5.74, 6) is 1.64. The summed E-state index contributed by atoms with van der Waals surface area (Å²) in [6.07, 6.45) is 2.69. The molecule has 0 saturated heterocycles. The third-order valence-corrected chi connectivity index (χ3v) is 2.41. The summed E-state index contributed by atoms with van der Waals surface area (Å²) in [6.45, 7) is 8.01. The summed E-state index contributed by atoms with van der Waals surface area (Å²) in [6, 6.07) is 0. The molecule has 0 heterocycles. The van der Waals surface area contributed by atoms with E-state index in [1.165, 1.54) is 12.8 Å². The molecule has 1 nitrogen and oxygen atoms in total. The maximum atomic E-state index is 3.39. The molecule has 0 saturated carbocycles. The summed E-state index contributed by atoms with van der Waals surface area (Å²) in [7, 11) is 5.46. The predicted molar refractivity (Wildman–Crippen MR) is 64.4 cm³/mol. The lowest BCUT2D eigenvalue weighted by molar-refractivity contribution is 0.433. The molecule has 74 valence electrons. The summed E-state index contributed by atoms with van der Waals surface area (Å²) in [5, 5.41) is 3.39. The van der Waals surface area contributed by atoms with E-state index < -0.39 is 0 Å². The van der Waals surface area contributed by atoms with Crippen LogP contribution in [0, 0.1) is 11.8 Å². The van der Waals surface area contributed by atoms with Gasteiger partial charge < -0.3 is 5.32 Å². The van der Waals surface area contributed by atoms with Crippen LogP contribution in [0.15, 0.2) is 0 Å². The topological polar surface area (TPSA) is 12.0 Å². The fourth-order valence-corrected chi connectivity index (χ4v) is 1.33. The minimum Gasteiger partial charge on any atom is -0.307 e.